The maximum atomic E-state index is 12.9. The van der Waals surface area contributed by atoms with Crippen LogP contribution in [0, 0.1) is 6.92 Å². The number of aryl methyl sites for hydroxylation is 1. The van der Waals surface area contributed by atoms with Crippen LogP contribution in [0.4, 0.5) is 11.4 Å². The van der Waals surface area contributed by atoms with E-state index < -0.39 is 0 Å². The minimum Gasteiger partial charge on any atom is -0.377 e. The van der Waals surface area contributed by atoms with Crippen molar-refractivity contribution >= 4 is 23.2 Å². The predicted molar refractivity (Wildman–Crippen MR) is 105 cm³/mol. The first-order chi connectivity index (χ1) is 12.5. The monoisotopic (exact) mass is 351 g/mol. The van der Waals surface area contributed by atoms with Crippen LogP contribution in [0.5, 0.6) is 0 Å². The lowest BCUT2D eigenvalue weighted by atomic mass is 10.1. The zero-order chi connectivity index (χ0) is 18.7. The van der Waals surface area contributed by atoms with Gasteiger partial charge in [-0.1, -0.05) is 17.7 Å². The number of benzene rings is 2. The fraction of sp³-hybridized carbons (Fsp3) is 0.333. The van der Waals surface area contributed by atoms with Gasteiger partial charge >= 0.3 is 0 Å². The van der Waals surface area contributed by atoms with E-state index in [9.17, 15) is 9.59 Å². The second kappa shape index (κ2) is 7.60. The Morgan fingerprint density at radius 1 is 1.00 bits per heavy atom. The van der Waals surface area contributed by atoms with Crippen molar-refractivity contribution in [2.75, 3.05) is 37.4 Å². The molecule has 1 N–H and O–H groups in total. The van der Waals surface area contributed by atoms with Crippen LogP contribution in [-0.2, 0) is 0 Å². The molecular weight excluding hydrogens is 326 g/mol. The summed E-state index contributed by atoms with van der Waals surface area (Å²) in [7, 11) is 3.83. The van der Waals surface area contributed by atoms with Gasteiger partial charge in [-0.15, -0.1) is 0 Å². The summed E-state index contributed by atoms with van der Waals surface area (Å²) >= 11 is 0. The Morgan fingerprint density at radius 2 is 1.65 bits per heavy atom. The van der Waals surface area contributed by atoms with E-state index in [2.05, 4.69) is 5.32 Å². The Kier molecular flexibility index (Phi) is 5.26. The fourth-order valence-corrected chi connectivity index (χ4v) is 3.17. The van der Waals surface area contributed by atoms with Crippen LogP contribution in [0.25, 0.3) is 0 Å². The van der Waals surface area contributed by atoms with Crippen molar-refractivity contribution in [2.24, 2.45) is 0 Å². The molecule has 1 aliphatic heterocycles. The van der Waals surface area contributed by atoms with Gasteiger partial charge in [-0.3, -0.25) is 9.59 Å². The smallest absolute Gasteiger partial charge is 0.256 e. The molecular formula is C21H25N3O2. The highest BCUT2D eigenvalue weighted by atomic mass is 16.2. The second-order valence-electron chi connectivity index (χ2n) is 6.95. The normalized spacial score (nSPS) is 13.6. The van der Waals surface area contributed by atoms with E-state index in [1.54, 1.807) is 18.2 Å². The molecule has 0 aromatic heterocycles. The third-order valence-electron chi connectivity index (χ3n) is 4.67. The van der Waals surface area contributed by atoms with Gasteiger partial charge in [0.05, 0.1) is 5.56 Å². The van der Waals surface area contributed by atoms with Crippen LogP contribution in [0.3, 0.4) is 0 Å². The number of carbonyl (C=O) groups is 2. The van der Waals surface area contributed by atoms with E-state index in [0.29, 0.717) is 16.8 Å². The van der Waals surface area contributed by atoms with Gasteiger partial charge < -0.3 is 15.1 Å². The number of likely N-dealkylation sites (tertiary alicyclic amines) is 1. The van der Waals surface area contributed by atoms with Crippen LogP contribution < -0.4 is 10.2 Å². The summed E-state index contributed by atoms with van der Waals surface area (Å²) in [6, 6.07) is 12.9. The number of nitrogens with one attached hydrogen (secondary N) is 1. The van der Waals surface area contributed by atoms with Crippen LogP contribution in [0.15, 0.2) is 42.5 Å². The average molecular weight is 351 g/mol. The van der Waals surface area contributed by atoms with Crippen molar-refractivity contribution in [3.05, 3.63) is 59.2 Å². The van der Waals surface area contributed by atoms with Gasteiger partial charge in [-0.25, -0.2) is 0 Å². The molecule has 136 valence electrons. The molecule has 0 atom stereocenters. The van der Waals surface area contributed by atoms with Crippen molar-refractivity contribution < 1.29 is 9.59 Å². The molecule has 3 rings (SSSR count). The molecule has 0 spiro atoms. The lowest BCUT2D eigenvalue weighted by molar-refractivity contribution is 0.0793. The third-order valence-corrected chi connectivity index (χ3v) is 4.67. The Bertz CT molecular complexity index is 807. The summed E-state index contributed by atoms with van der Waals surface area (Å²) in [5.41, 5.74) is 3.81. The molecule has 1 aliphatic rings. The summed E-state index contributed by atoms with van der Waals surface area (Å²) < 4.78 is 0. The SMILES string of the molecule is Cc1ccc(C(=O)Nc2ccc(N(C)C)c(C(=O)N3CCCC3)c2)cc1. The Labute approximate surface area is 154 Å². The standard InChI is InChI=1S/C21H25N3O2/c1-15-6-8-16(9-7-15)20(25)22-17-10-11-19(23(2)3)18(14-17)21(26)24-12-4-5-13-24/h6-11,14H,4-5,12-13H2,1-3H3,(H,22,25). The fourth-order valence-electron chi connectivity index (χ4n) is 3.17. The Balaban J connectivity index is 1.86. The minimum absolute atomic E-state index is 0.0256. The molecule has 1 heterocycles. The molecule has 2 aromatic carbocycles. The summed E-state index contributed by atoms with van der Waals surface area (Å²) in [4.78, 5) is 29.2. The maximum absolute atomic E-state index is 12.9. The predicted octanol–water partition coefficient (Wildman–Crippen LogP) is 3.55. The number of rotatable bonds is 4. The van der Waals surface area contributed by atoms with Gasteiger partial charge in [-0.2, -0.15) is 0 Å². The molecule has 26 heavy (non-hydrogen) atoms. The molecule has 0 unspecified atom stereocenters. The summed E-state index contributed by atoms with van der Waals surface area (Å²) in [6.45, 7) is 3.58. The summed E-state index contributed by atoms with van der Waals surface area (Å²) in [6.07, 6.45) is 2.10. The lowest BCUT2D eigenvalue weighted by Crippen LogP contribution is -2.29. The van der Waals surface area contributed by atoms with Crippen molar-refractivity contribution in [3.63, 3.8) is 0 Å². The quantitative estimate of drug-likeness (QED) is 0.916. The number of amides is 2. The van der Waals surface area contributed by atoms with Gasteiger partial charge in [0.1, 0.15) is 0 Å². The molecule has 0 bridgehead atoms. The number of carbonyl (C=O) groups excluding carboxylic acids is 2. The first-order valence-corrected chi connectivity index (χ1v) is 8.94. The van der Waals surface area contributed by atoms with E-state index >= 15 is 0 Å². The van der Waals surface area contributed by atoms with Crippen LogP contribution in [0.1, 0.15) is 39.1 Å². The summed E-state index contributed by atoms with van der Waals surface area (Å²) in [5.74, 6) is -0.153. The Hall–Kier alpha value is -2.82. The van der Waals surface area contributed by atoms with Crippen molar-refractivity contribution in [1.29, 1.82) is 0 Å². The van der Waals surface area contributed by atoms with Gasteiger partial charge in [0.2, 0.25) is 0 Å². The molecule has 5 heteroatoms. The Morgan fingerprint density at radius 3 is 2.27 bits per heavy atom. The van der Waals surface area contributed by atoms with E-state index in [-0.39, 0.29) is 11.8 Å². The van der Waals surface area contributed by atoms with Crippen LogP contribution in [0.2, 0.25) is 0 Å². The highest BCUT2D eigenvalue weighted by Crippen LogP contribution is 2.26. The zero-order valence-corrected chi connectivity index (χ0v) is 15.6. The molecule has 2 aromatic rings. The average Bonchev–Trinajstić information content (AvgIpc) is 3.16. The van der Waals surface area contributed by atoms with E-state index in [4.69, 9.17) is 0 Å². The van der Waals surface area contributed by atoms with Gasteiger partial charge in [0.25, 0.3) is 11.8 Å². The van der Waals surface area contributed by atoms with Crippen molar-refractivity contribution in [1.82, 2.24) is 4.90 Å². The number of anilines is 2. The summed E-state index contributed by atoms with van der Waals surface area (Å²) in [5, 5.41) is 2.90. The zero-order valence-electron chi connectivity index (χ0n) is 15.6. The first-order valence-electron chi connectivity index (χ1n) is 8.94. The van der Waals surface area contributed by atoms with Crippen LogP contribution in [-0.4, -0.2) is 43.9 Å². The van der Waals surface area contributed by atoms with Crippen LogP contribution >= 0.6 is 0 Å². The molecule has 1 fully saturated rings. The lowest BCUT2D eigenvalue weighted by Gasteiger charge is -2.22. The number of hydrogen-bond acceptors (Lipinski definition) is 3. The third kappa shape index (κ3) is 3.87. The molecule has 0 radical (unpaired) electrons. The maximum Gasteiger partial charge on any atom is 0.256 e. The van der Waals surface area contributed by atoms with Gasteiger partial charge in [-0.05, 0) is 50.1 Å². The first kappa shape index (κ1) is 18.0. The van der Waals surface area contributed by atoms with Gasteiger partial charge in [0.15, 0.2) is 0 Å². The molecule has 0 aliphatic carbocycles. The molecule has 5 nitrogen and oxygen atoms in total. The molecule has 1 saturated heterocycles. The van der Waals surface area contributed by atoms with E-state index in [0.717, 1.165) is 37.2 Å². The highest BCUT2D eigenvalue weighted by Gasteiger charge is 2.23. The molecule has 0 saturated carbocycles. The second-order valence-corrected chi connectivity index (χ2v) is 6.95. The molecule has 2 amide bonds. The highest BCUT2D eigenvalue weighted by molar-refractivity contribution is 6.06. The van der Waals surface area contributed by atoms with Crippen molar-refractivity contribution in [3.8, 4) is 0 Å². The van der Waals surface area contributed by atoms with Crippen molar-refractivity contribution in [2.45, 2.75) is 19.8 Å². The minimum atomic E-state index is -0.179. The van der Waals surface area contributed by atoms with E-state index in [1.807, 2.05) is 55.1 Å². The van der Waals surface area contributed by atoms with E-state index in [1.165, 1.54) is 0 Å². The number of nitrogens with zero attached hydrogens (tertiary/aromatic N) is 2. The van der Waals surface area contributed by atoms with Gasteiger partial charge in [0, 0.05) is 44.1 Å². The largest absolute Gasteiger partial charge is 0.377 e. The number of hydrogen-bond donors (Lipinski definition) is 1. The topological polar surface area (TPSA) is 52.7 Å².